The number of aliphatic imine (C=N–C) groups is 1. The summed E-state index contributed by atoms with van der Waals surface area (Å²) >= 11 is 0. The summed E-state index contributed by atoms with van der Waals surface area (Å²) < 4.78 is 6.67. The maximum absolute atomic E-state index is 6.67. The van der Waals surface area contributed by atoms with Crippen molar-refractivity contribution in [2.24, 2.45) is 10.9 Å². The van der Waals surface area contributed by atoms with Gasteiger partial charge in [0, 0.05) is 17.3 Å². The van der Waals surface area contributed by atoms with Gasteiger partial charge in [-0.1, -0.05) is 80.6 Å². The van der Waals surface area contributed by atoms with E-state index >= 15 is 0 Å². The van der Waals surface area contributed by atoms with Crippen molar-refractivity contribution in [2.45, 2.75) is 25.5 Å². The van der Waals surface area contributed by atoms with Gasteiger partial charge in [-0.15, -0.1) is 0 Å². The van der Waals surface area contributed by atoms with E-state index in [2.05, 4.69) is 67.4 Å². The number of nitrogens with zero attached hydrogens (tertiary/aromatic N) is 2. The monoisotopic (exact) mass is 342 g/mol. The van der Waals surface area contributed by atoms with E-state index in [-0.39, 0.29) is 6.04 Å². The molecular weight excluding hydrogens is 320 g/mol. The van der Waals surface area contributed by atoms with Gasteiger partial charge >= 0.3 is 0 Å². The average molecular weight is 342 g/mol. The van der Waals surface area contributed by atoms with Gasteiger partial charge in [-0.05, 0) is 18.1 Å². The molecule has 3 aromatic rings. The van der Waals surface area contributed by atoms with Gasteiger partial charge in [0.15, 0.2) is 5.60 Å². The molecule has 1 aliphatic rings. The highest BCUT2D eigenvalue weighted by molar-refractivity contribution is 5.94. The van der Waals surface area contributed by atoms with Crippen molar-refractivity contribution < 1.29 is 4.74 Å². The van der Waals surface area contributed by atoms with Gasteiger partial charge in [0.1, 0.15) is 11.7 Å². The lowest BCUT2D eigenvalue weighted by atomic mass is 9.76. The van der Waals surface area contributed by atoms with Gasteiger partial charge in [-0.3, -0.25) is 4.98 Å². The Kier molecular flexibility index (Phi) is 4.29. The van der Waals surface area contributed by atoms with E-state index in [0.717, 1.165) is 16.8 Å². The minimum Gasteiger partial charge on any atom is -0.458 e. The van der Waals surface area contributed by atoms with Gasteiger partial charge in [0.05, 0.1) is 0 Å². The second-order valence-electron chi connectivity index (χ2n) is 6.91. The Morgan fingerprint density at radius 1 is 0.808 bits per heavy atom. The lowest BCUT2D eigenvalue weighted by Crippen LogP contribution is -2.41. The number of ether oxygens (including phenoxy) is 1. The SMILES string of the molecule is CC(C)C1N=C(c2ccccn2)OC1(c1ccccc1)c1ccccc1. The molecule has 0 radical (unpaired) electrons. The summed E-state index contributed by atoms with van der Waals surface area (Å²) in [6, 6.07) is 26.6. The second kappa shape index (κ2) is 6.75. The average Bonchev–Trinajstić information content (AvgIpc) is 3.12. The fourth-order valence-corrected chi connectivity index (χ4v) is 3.68. The third kappa shape index (κ3) is 2.70. The van der Waals surface area contributed by atoms with E-state index in [9.17, 15) is 0 Å². The molecule has 1 atom stereocenters. The van der Waals surface area contributed by atoms with Crippen molar-refractivity contribution >= 4 is 5.90 Å². The van der Waals surface area contributed by atoms with E-state index < -0.39 is 5.60 Å². The third-order valence-corrected chi connectivity index (χ3v) is 4.85. The molecule has 2 aromatic carbocycles. The highest BCUT2D eigenvalue weighted by atomic mass is 16.5. The fraction of sp³-hybridized carbons (Fsp3) is 0.217. The zero-order valence-corrected chi connectivity index (χ0v) is 15.0. The van der Waals surface area contributed by atoms with Gasteiger partial charge in [0.25, 0.3) is 0 Å². The fourth-order valence-electron chi connectivity index (χ4n) is 3.68. The molecule has 1 aromatic heterocycles. The molecule has 0 N–H and O–H groups in total. The molecule has 1 aliphatic heterocycles. The largest absolute Gasteiger partial charge is 0.458 e. The number of hydrogen-bond donors (Lipinski definition) is 0. The minimum absolute atomic E-state index is 0.0377. The normalized spacial score (nSPS) is 18.4. The van der Waals surface area contributed by atoms with E-state index in [0.29, 0.717) is 11.8 Å². The zero-order chi connectivity index (χ0) is 18.0. The lowest BCUT2D eigenvalue weighted by Gasteiger charge is -2.36. The van der Waals surface area contributed by atoms with Gasteiger partial charge in [-0.2, -0.15) is 0 Å². The molecule has 0 spiro atoms. The Morgan fingerprint density at radius 3 is 1.88 bits per heavy atom. The Bertz CT molecular complexity index is 850. The maximum Gasteiger partial charge on any atom is 0.237 e. The molecule has 3 heteroatoms. The molecule has 0 saturated heterocycles. The van der Waals surface area contributed by atoms with Crippen LogP contribution in [-0.2, 0) is 10.3 Å². The maximum atomic E-state index is 6.67. The van der Waals surface area contributed by atoms with Gasteiger partial charge in [0.2, 0.25) is 5.90 Å². The molecule has 0 fully saturated rings. The predicted octanol–water partition coefficient (Wildman–Crippen LogP) is 4.83. The van der Waals surface area contributed by atoms with E-state index in [1.807, 2.05) is 30.3 Å². The summed E-state index contributed by atoms with van der Waals surface area (Å²) in [5.41, 5.74) is 2.34. The van der Waals surface area contributed by atoms with E-state index in [1.165, 1.54) is 0 Å². The lowest BCUT2D eigenvalue weighted by molar-refractivity contribution is 0.0813. The van der Waals surface area contributed by atoms with Crippen molar-refractivity contribution in [2.75, 3.05) is 0 Å². The van der Waals surface area contributed by atoms with Gasteiger partial charge < -0.3 is 4.74 Å². The highest BCUT2D eigenvalue weighted by Crippen LogP contribution is 2.45. The third-order valence-electron chi connectivity index (χ3n) is 4.85. The molecule has 0 amide bonds. The number of rotatable bonds is 4. The van der Waals surface area contributed by atoms with Crippen molar-refractivity contribution in [1.82, 2.24) is 4.98 Å². The predicted molar refractivity (Wildman–Crippen MR) is 104 cm³/mol. The Balaban J connectivity index is 1.91. The Labute approximate surface area is 154 Å². The van der Waals surface area contributed by atoms with E-state index in [1.54, 1.807) is 6.20 Å². The number of hydrogen-bond acceptors (Lipinski definition) is 3. The van der Waals surface area contributed by atoms with Crippen LogP contribution in [0.15, 0.2) is 90.1 Å². The molecular formula is C23H22N2O. The van der Waals surface area contributed by atoms with Crippen molar-refractivity contribution in [3.63, 3.8) is 0 Å². The Hall–Kier alpha value is -2.94. The molecule has 0 bridgehead atoms. The van der Waals surface area contributed by atoms with Crippen LogP contribution >= 0.6 is 0 Å². The minimum atomic E-state index is -0.649. The summed E-state index contributed by atoms with van der Waals surface area (Å²) in [4.78, 5) is 9.45. The van der Waals surface area contributed by atoms with Crippen LogP contribution < -0.4 is 0 Å². The first-order valence-electron chi connectivity index (χ1n) is 9.01. The number of aromatic nitrogens is 1. The summed E-state index contributed by atoms with van der Waals surface area (Å²) in [7, 11) is 0. The van der Waals surface area contributed by atoms with Crippen LogP contribution in [0.2, 0.25) is 0 Å². The van der Waals surface area contributed by atoms with Crippen LogP contribution in [0.5, 0.6) is 0 Å². The van der Waals surface area contributed by atoms with Crippen molar-refractivity contribution in [1.29, 1.82) is 0 Å². The number of pyridine rings is 1. The van der Waals surface area contributed by atoms with Crippen LogP contribution in [0.4, 0.5) is 0 Å². The van der Waals surface area contributed by atoms with Gasteiger partial charge in [-0.25, -0.2) is 4.99 Å². The quantitative estimate of drug-likeness (QED) is 0.681. The second-order valence-corrected chi connectivity index (χ2v) is 6.91. The molecule has 130 valence electrons. The molecule has 1 unspecified atom stereocenters. The number of benzene rings is 2. The van der Waals surface area contributed by atoms with Crippen LogP contribution in [0.1, 0.15) is 30.7 Å². The molecule has 4 rings (SSSR count). The Morgan fingerprint density at radius 2 is 1.38 bits per heavy atom. The van der Waals surface area contributed by atoms with Crippen molar-refractivity contribution in [3.8, 4) is 0 Å². The molecule has 0 saturated carbocycles. The summed E-state index contributed by atoms with van der Waals surface area (Å²) in [6.45, 7) is 4.39. The first kappa shape index (κ1) is 16.5. The van der Waals surface area contributed by atoms with Crippen molar-refractivity contribution in [3.05, 3.63) is 102 Å². The van der Waals surface area contributed by atoms with E-state index in [4.69, 9.17) is 9.73 Å². The van der Waals surface area contributed by atoms with Crippen LogP contribution in [0, 0.1) is 5.92 Å². The molecule has 26 heavy (non-hydrogen) atoms. The first-order valence-corrected chi connectivity index (χ1v) is 9.01. The summed E-state index contributed by atoms with van der Waals surface area (Å²) in [5, 5.41) is 0. The first-order chi connectivity index (χ1) is 12.7. The standard InChI is InChI=1S/C23H22N2O/c1-17(2)21-23(18-11-5-3-6-12-18,19-13-7-4-8-14-19)26-22(25-21)20-15-9-10-16-24-20/h3-17,21H,1-2H3. The zero-order valence-electron chi connectivity index (χ0n) is 15.0. The molecule has 3 nitrogen and oxygen atoms in total. The van der Waals surface area contributed by atoms with Crippen LogP contribution in [0.25, 0.3) is 0 Å². The van der Waals surface area contributed by atoms with Crippen LogP contribution in [0.3, 0.4) is 0 Å². The van der Waals surface area contributed by atoms with Crippen LogP contribution in [-0.4, -0.2) is 16.9 Å². The molecule has 0 aliphatic carbocycles. The molecule has 2 heterocycles. The smallest absolute Gasteiger partial charge is 0.237 e. The summed E-state index contributed by atoms with van der Waals surface area (Å²) in [6.07, 6.45) is 1.77. The topological polar surface area (TPSA) is 34.5 Å². The highest BCUT2D eigenvalue weighted by Gasteiger charge is 2.51. The summed E-state index contributed by atoms with van der Waals surface area (Å²) in [5.74, 6) is 0.911.